The summed E-state index contributed by atoms with van der Waals surface area (Å²) in [5, 5.41) is 2.63. The molecule has 9 aromatic rings. The van der Waals surface area contributed by atoms with Crippen LogP contribution in [0.1, 0.15) is 156 Å². The molecule has 0 radical (unpaired) electrons. The Balaban J connectivity index is 1.17. The van der Waals surface area contributed by atoms with E-state index in [2.05, 4.69) is 269 Å². The van der Waals surface area contributed by atoms with E-state index < -0.39 is 0 Å². The van der Waals surface area contributed by atoms with Crippen molar-refractivity contribution >= 4 is 106 Å². The van der Waals surface area contributed by atoms with E-state index in [4.69, 9.17) is 0 Å². The van der Waals surface area contributed by atoms with Crippen LogP contribution in [0.2, 0.25) is 0 Å². The number of rotatable bonds is 5. The number of para-hydroxylation sites is 2. The Morgan fingerprint density at radius 3 is 1.58 bits per heavy atom. The van der Waals surface area contributed by atoms with Gasteiger partial charge in [0.2, 0.25) is 0 Å². The minimum Gasteiger partial charge on any atom is -0.311 e. The number of hydrogen-bond donors (Lipinski definition) is 0. The fraction of sp³-hybridized carbons (Fsp3) is 0.333. The summed E-state index contributed by atoms with van der Waals surface area (Å²) >= 11 is 1.95. The number of anilines is 9. The van der Waals surface area contributed by atoms with Gasteiger partial charge in [-0.15, -0.1) is 11.3 Å². The van der Waals surface area contributed by atoms with Crippen molar-refractivity contribution in [1.29, 1.82) is 0 Å². The molecule has 3 heterocycles. The molecular formula is C72H76BN3S. The van der Waals surface area contributed by atoms with Gasteiger partial charge in [-0.2, -0.15) is 0 Å². The van der Waals surface area contributed by atoms with E-state index in [1.807, 2.05) is 11.3 Å². The first-order chi connectivity index (χ1) is 36.4. The first-order valence-corrected chi connectivity index (χ1v) is 29.4. The summed E-state index contributed by atoms with van der Waals surface area (Å²) in [5.41, 5.74) is 23.8. The maximum Gasteiger partial charge on any atom is 0.252 e. The Morgan fingerprint density at radius 2 is 0.974 bits per heavy atom. The summed E-state index contributed by atoms with van der Waals surface area (Å²) in [7, 11) is 0. The predicted molar refractivity (Wildman–Crippen MR) is 336 cm³/mol. The fourth-order valence-electron chi connectivity index (χ4n) is 13.9. The van der Waals surface area contributed by atoms with Crippen LogP contribution in [0, 0.1) is 0 Å². The Labute approximate surface area is 464 Å². The number of benzene rings is 8. The molecule has 0 amide bonds. The molecule has 3 nitrogen and oxygen atoms in total. The van der Waals surface area contributed by atoms with Crippen molar-refractivity contribution in [2.75, 3.05) is 14.7 Å². The van der Waals surface area contributed by atoms with Crippen LogP contribution in [0.15, 0.2) is 158 Å². The quantitative estimate of drug-likeness (QED) is 0.159. The summed E-state index contributed by atoms with van der Waals surface area (Å²) in [6.07, 6.45) is 4.67. The van der Waals surface area contributed by atoms with Crippen molar-refractivity contribution in [1.82, 2.24) is 0 Å². The fourth-order valence-corrected chi connectivity index (χ4v) is 15.1. The Hall–Kier alpha value is -6.56. The highest BCUT2D eigenvalue weighted by molar-refractivity contribution is 7.26. The maximum absolute atomic E-state index is 2.73. The molecule has 2 aliphatic carbocycles. The zero-order chi connectivity index (χ0) is 53.9. The second-order valence-electron chi connectivity index (χ2n) is 28.0. The Kier molecular flexibility index (Phi) is 11.0. The van der Waals surface area contributed by atoms with Crippen molar-refractivity contribution in [2.24, 2.45) is 0 Å². The highest BCUT2D eigenvalue weighted by Crippen LogP contribution is 2.55. The summed E-state index contributed by atoms with van der Waals surface area (Å²) in [4.78, 5) is 7.87. The van der Waals surface area contributed by atoms with E-state index in [9.17, 15) is 0 Å². The third kappa shape index (κ3) is 7.86. The lowest BCUT2D eigenvalue weighted by Crippen LogP contribution is -2.62. The van der Waals surface area contributed by atoms with Crippen LogP contribution in [0.3, 0.4) is 0 Å². The van der Waals surface area contributed by atoms with Crippen LogP contribution in [0.5, 0.6) is 0 Å². The summed E-state index contributed by atoms with van der Waals surface area (Å²) in [5.74, 6) is 0. The van der Waals surface area contributed by atoms with Gasteiger partial charge in [0.1, 0.15) is 0 Å². The van der Waals surface area contributed by atoms with Crippen LogP contribution in [0.25, 0.3) is 20.2 Å². The van der Waals surface area contributed by atoms with Gasteiger partial charge in [-0.3, -0.25) is 0 Å². The molecule has 8 aromatic carbocycles. The molecule has 1 aromatic heterocycles. The zero-order valence-corrected chi connectivity index (χ0v) is 49.0. The smallest absolute Gasteiger partial charge is 0.252 e. The minimum absolute atomic E-state index is 0.0221. The molecular weight excluding hydrogens is 950 g/mol. The maximum atomic E-state index is 2.73. The SMILES string of the molecule is CC(C)(C)c1cc2c3c(c1)N(c1cccc4c1sc1cc(C(C)(C)C)ccc14)c1cc(N(c4ccccc4)c4ccccc4)ccc1B3c1cc3c(cc1N2c1ccc2c(c1)C(C)(C)CCC2(C)C)C(C)(C)CCC3(C)C. The average molecular weight is 1030 g/mol. The van der Waals surface area contributed by atoms with Crippen molar-refractivity contribution in [3.05, 3.63) is 191 Å². The van der Waals surface area contributed by atoms with Crippen molar-refractivity contribution < 1.29 is 0 Å². The molecule has 13 rings (SSSR count). The van der Waals surface area contributed by atoms with Crippen LogP contribution < -0.4 is 31.1 Å². The first kappa shape index (κ1) is 50.0. The number of hydrogen-bond acceptors (Lipinski definition) is 4. The standard InChI is InChI=1S/C72H76BN3S/c1-67(2,3)45-28-31-51-52-26-21-27-59(66(52)77-64(51)40-45)76-60-42-50(74(47-22-17-15-18-23-47)48-24-19-16-20-25-48)30-33-57(60)73-58-43-55-56(72(13,14)37-36-71(55,11)12)44-61(58)75(62-38-46(68(4,5)6)39-63(76)65(62)73)49-29-32-53-54(41-49)70(9,10)35-34-69(53,7)8/h15-33,38-44H,34-37H2,1-14H3. The summed E-state index contributed by atoms with van der Waals surface area (Å²) < 4.78 is 2.65. The molecule has 388 valence electrons. The molecule has 5 heteroatoms. The van der Waals surface area contributed by atoms with Gasteiger partial charge < -0.3 is 14.7 Å². The van der Waals surface area contributed by atoms with Gasteiger partial charge in [0.15, 0.2) is 0 Å². The number of thiophene rings is 1. The molecule has 0 fully saturated rings. The largest absolute Gasteiger partial charge is 0.311 e. The monoisotopic (exact) mass is 1030 g/mol. The molecule has 4 aliphatic rings. The topological polar surface area (TPSA) is 9.72 Å². The van der Waals surface area contributed by atoms with E-state index in [1.165, 1.54) is 117 Å². The van der Waals surface area contributed by atoms with Crippen LogP contribution in [0.4, 0.5) is 51.2 Å². The van der Waals surface area contributed by atoms with Gasteiger partial charge in [0.25, 0.3) is 6.71 Å². The molecule has 0 saturated carbocycles. The molecule has 0 saturated heterocycles. The Morgan fingerprint density at radius 1 is 0.416 bits per heavy atom. The van der Waals surface area contributed by atoms with Crippen molar-refractivity contribution in [2.45, 2.75) is 155 Å². The lowest BCUT2D eigenvalue weighted by molar-refractivity contribution is 0.332. The zero-order valence-electron chi connectivity index (χ0n) is 48.2. The average Bonchev–Trinajstić information content (AvgIpc) is 3.91. The molecule has 0 unspecified atom stereocenters. The van der Waals surface area contributed by atoms with E-state index in [1.54, 1.807) is 0 Å². The van der Waals surface area contributed by atoms with Crippen LogP contribution in [-0.4, -0.2) is 6.71 Å². The molecule has 0 N–H and O–H groups in total. The van der Waals surface area contributed by atoms with Gasteiger partial charge in [-0.1, -0.05) is 176 Å². The lowest BCUT2D eigenvalue weighted by Gasteiger charge is -2.48. The molecule has 0 bridgehead atoms. The third-order valence-electron chi connectivity index (χ3n) is 18.9. The number of nitrogens with zero attached hydrogens (tertiary/aromatic N) is 3. The van der Waals surface area contributed by atoms with Gasteiger partial charge in [-0.05, 0) is 187 Å². The normalized spacial score (nSPS) is 17.6. The molecule has 0 spiro atoms. The lowest BCUT2D eigenvalue weighted by atomic mass is 9.33. The van der Waals surface area contributed by atoms with Gasteiger partial charge in [-0.25, -0.2) is 0 Å². The van der Waals surface area contributed by atoms with Crippen molar-refractivity contribution in [3.63, 3.8) is 0 Å². The molecule has 0 atom stereocenters. The van der Waals surface area contributed by atoms with Gasteiger partial charge in [0, 0.05) is 61.0 Å². The van der Waals surface area contributed by atoms with E-state index >= 15 is 0 Å². The second-order valence-corrected chi connectivity index (χ2v) is 29.0. The Bertz CT molecular complexity index is 3820. The van der Waals surface area contributed by atoms with E-state index in [0.717, 1.165) is 29.9 Å². The highest BCUT2D eigenvalue weighted by Gasteiger charge is 2.48. The van der Waals surface area contributed by atoms with Crippen molar-refractivity contribution in [3.8, 4) is 0 Å². The summed E-state index contributed by atoms with van der Waals surface area (Å²) in [6, 6.07) is 61.7. The second kappa shape index (κ2) is 17.0. The predicted octanol–water partition coefficient (Wildman–Crippen LogP) is 18.9. The van der Waals surface area contributed by atoms with Gasteiger partial charge >= 0.3 is 0 Å². The molecule has 77 heavy (non-hydrogen) atoms. The van der Waals surface area contributed by atoms with E-state index in [0.29, 0.717) is 0 Å². The van der Waals surface area contributed by atoms with E-state index in [-0.39, 0.29) is 39.2 Å². The molecule has 2 aliphatic heterocycles. The first-order valence-electron chi connectivity index (χ1n) is 28.5. The third-order valence-corrected chi connectivity index (χ3v) is 20.0. The van der Waals surface area contributed by atoms with Crippen LogP contribution >= 0.6 is 11.3 Å². The minimum atomic E-state index is -0.158. The van der Waals surface area contributed by atoms with Gasteiger partial charge in [0.05, 0.1) is 10.4 Å². The number of fused-ring (bicyclic) bond motifs is 9. The van der Waals surface area contributed by atoms with Crippen LogP contribution in [-0.2, 0) is 32.5 Å². The highest BCUT2D eigenvalue weighted by atomic mass is 32.1. The summed E-state index contributed by atoms with van der Waals surface area (Å²) in [6.45, 7) is 34.0.